The molecule has 0 radical (unpaired) electrons. The van der Waals surface area contributed by atoms with Crippen LogP contribution in [0.2, 0.25) is 0 Å². The topological polar surface area (TPSA) is 56.0 Å². The van der Waals surface area contributed by atoms with Crippen LogP contribution in [0.25, 0.3) is 0 Å². The lowest BCUT2D eigenvalue weighted by Crippen LogP contribution is -2.25. The van der Waals surface area contributed by atoms with Gasteiger partial charge in [0, 0.05) is 11.4 Å². The van der Waals surface area contributed by atoms with E-state index in [1.54, 1.807) is 11.8 Å². The summed E-state index contributed by atoms with van der Waals surface area (Å²) < 4.78 is 0. The molecule has 0 aliphatic heterocycles. The summed E-state index contributed by atoms with van der Waals surface area (Å²) in [6.45, 7) is 8.85. The molecular weight excluding hydrogens is 268 g/mol. The normalized spacial score (nSPS) is 12.8. The van der Waals surface area contributed by atoms with Gasteiger partial charge >= 0.3 is 0 Å². The van der Waals surface area contributed by atoms with Gasteiger partial charge in [-0.15, -0.1) is 11.8 Å². The van der Waals surface area contributed by atoms with Crippen LogP contribution in [0.15, 0.2) is 23.1 Å². The van der Waals surface area contributed by atoms with E-state index in [-0.39, 0.29) is 5.41 Å². The molecule has 1 aromatic carbocycles. The van der Waals surface area contributed by atoms with Crippen molar-refractivity contribution < 1.29 is 5.11 Å². The van der Waals surface area contributed by atoms with Crippen LogP contribution in [-0.4, -0.2) is 23.5 Å². The first kappa shape index (κ1) is 16.9. The SMILES string of the molecule is CCSc1cccc(NCC(O)CC(C)(C)C)c1C#N. The van der Waals surface area contributed by atoms with E-state index in [0.29, 0.717) is 12.1 Å². The highest BCUT2D eigenvalue weighted by molar-refractivity contribution is 7.99. The van der Waals surface area contributed by atoms with Crippen LogP contribution >= 0.6 is 11.8 Å². The fourth-order valence-corrected chi connectivity index (χ4v) is 2.86. The molecule has 0 heterocycles. The van der Waals surface area contributed by atoms with Crippen LogP contribution in [0.4, 0.5) is 5.69 Å². The van der Waals surface area contributed by atoms with Gasteiger partial charge in [-0.2, -0.15) is 5.26 Å². The highest BCUT2D eigenvalue weighted by atomic mass is 32.2. The number of rotatable bonds is 6. The molecule has 1 atom stereocenters. The van der Waals surface area contributed by atoms with E-state index < -0.39 is 6.10 Å². The summed E-state index contributed by atoms with van der Waals surface area (Å²) >= 11 is 1.66. The van der Waals surface area contributed by atoms with Crippen LogP contribution < -0.4 is 5.32 Å². The standard InChI is InChI=1S/C16H24N2OS/c1-5-20-15-8-6-7-14(13(15)10-17)18-11-12(19)9-16(2,3)4/h6-8,12,18-19H,5,9,11H2,1-4H3. The maximum atomic E-state index is 10.0. The van der Waals surface area contributed by atoms with E-state index in [1.165, 1.54) is 0 Å². The van der Waals surface area contributed by atoms with Crippen LogP contribution in [0.3, 0.4) is 0 Å². The highest BCUT2D eigenvalue weighted by Gasteiger charge is 2.17. The Balaban J connectivity index is 2.73. The molecule has 0 aromatic heterocycles. The monoisotopic (exact) mass is 292 g/mol. The van der Waals surface area contributed by atoms with Crippen LogP contribution in [0, 0.1) is 16.7 Å². The van der Waals surface area contributed by atoms with Crippen molar-refractivity contribution in [3.8, 4) is 6.07 Å². The minimum absolute atomic E-state index is 0.0963. The van der Waals surface area contributed by atoms with E-state index in [9.17, 15) is 10.4 Å². The van der Waals surface area contributed by atoms with Crippen LogP contribution in [0.1, 0.15) is 39.7 Å². The number of nitriles is 1. The van der Waals surface area contributed by atoms with Gasteiger partial charge in [0.25, 0.3) is 0 Å². The second kappa shape index (κ2) is 7.56. The molecule has 3 nitrogen and oxygen atoms in total. The summed E-state index contributed by atoms with van der Waals surface area (Å²) in [4.78, 5) is 0.991. The minimum Gasteiger partial charge on any atom is -0.391 e. The summed E-state index contributed by atoms with van der Waals surface area (Å²) in [5, 5.41) is 22.5. The van der Waals surface area contributed by atoms with E-state index in [0.717, 1.165) is 22.8 Å². The van der Waals surface area contributed by atoms with E-state index in [1.807, 2.05) is 18.2 Å². The lowest BCUT2D eigenvalue weighted by molar-refractivity contribution is 0.132. The molecule has 0 saturated carbocycles. The van der Waals surface area contributed by atoms with Crippen molar-refractivity contribution in [1.82, 2.24) is 0 Å². The van der Waals surface area contributed by atoms with Crippen molar-refractivity contribution in [2.75, 3.05) is 17.6 Å². The van der Waals surface area contributed by atoms with E-state index in [2.05, 4.69) is 39.1 Å². The number of benzene rings is 1. The van der Waals surface area contributed by atoms with Gasteiger partial charge in [-0.25, -0.2) is 0 Å². The quantitative estimate of drug-likeness (QED) is 0.781. The van der Waals surface area contributed by atoms with E-state index in [4.69, 9.17) is 0 Å². The summed E-state index contributed by atoms with van der Waals surface area (Å²) in [7, 11) is 0. The number of aliphatic hydroxyl groups is 1. The fraction of sp³-hybridized carbons (Fsp3) is 0.562. The molecule has 110 valence electrons. The Morgan fingerprint density at radius 2 is 2.10 bits per heavy atom. The molecule has 1 unspecified atom stereocenters. The van der Waals surface area contributed by atoms with Crippen molar-refractivity contribution >= 4 is 17.4 Å². The van der Waals surface area contributed by atoms with Crippen LogP contribution in [0.5, 0.6) is 0 Å². The van der Waals surface area contributed by atoms with Gasteiger partial charge in [0.05, 0.1) is 17.4 Å². The molecule has 0 spiro atoms. The molecule has 0 bridgehead atoms. The first-order valence-corrected chi connectivity index (χ1v) is 7.93. The van der Waals surface area contributed by atoms with Gasteiger partial charge in [-0.3, -0.25) is 0 Å². The molecule has 0 aliphatic rings. The Morgan fingerprint density at radius 1 is 1.40 bits per heavy atom. The number of anilines is 1. The molecule has 1 rings (SSSR count). The van der Waals surface area contributed by atoms with Crippen molar-refractivity contribution in [3.63, 3.8) is 0 Å². The lowest BCUT2D eigenvalue weighted by Gasteiger charge is -2.23. The zero-order valence-corrected chi connectivity index (χ0v) is 13.5. The summed E-state index contributed by atoms with van der Waals surface area (Å²) in [6, 6.07) is 8.05. The Kier molecular flexibility index (Phi) is 6.38. The number of nitrogens with zero attached hydrogens (tertiary/aromatic N) is 1. The average molecular weight is 292 g/mol. The second-order valence-corrected chi connectivity index (χ2v) is 7.33. The number of hydrogen-bond acceptors (Lipinski definition) is 4. The lowest BCUT2D eigenvalue weighted by atomic mass is 9.89. The summed E-state index contributed by atoms with van der Waals surface area (Å²) in [5.74, 6) is 0.935. The Hall–Kier alpha value is -1.18. The minimum atomic E-state index is -0.413. The molecule has 2 N–H and O–H groups in total. The van der Waals surface area contributed by atoms with Crippen LogP contribution in [-0.2, 0) is 0 Å². The number of hydrogen-bond donors (Lipinski definition) is 2. The molecule has 0 aliphatic carbocycles. The third kappa shape index (κ3) is 5.44. The molecule has 0 fully saturated rings. The van der Waals surface area contributed by atoms with E-state index >= 15 is 0 Å². The predicted octanol–water partition coefficient (Wildman–Crippen LogP) is 3.88. The largest absolute Gasteiger partial charge is 0.391 e. The van der Waals surface area contributed by atoms with Crippen molar-refractivity contribution in [2.24, 2.45) is 5.41 Å². The summed E-state index contributed by atoms with van der Waals surface area (Å²) in [5.41, 5.74) is 1.57. The van der Waals surface area contributed by atoms with Crippen molar-refractivity contribution in [1.29, 1.82) is 5.26 Å². The van der Waals surface area contributed by atoms with Crippen molar-refractivity contribution in [3.05, 3.63) is 23.8 Å². The molecular formula is C16H24N2OS. The second-order valence-electron chi connectivity index (χ2n) is 6.02. The zero-order chi connectivity index (χ0) is 15.2. The number of nitrogens with one attached hydrogen (secondary N) is 1. The van der Waals surface area contributed by atoms with Gasteiger partial charge < -0.3 is 10.4 Å². The average Bonchev–Trinajstić information content (AvgIpc) is 2.35. The number of thioether (sulfide) groups is 1. The van der Waals surface area contributed by atoms with Gasteiger partial charge in [-0.05, 0) is 29.7 Å². The Bertz CT molecular complexity index is 474. The first-order valence-electron chi connectivity index (χ1n) is 6.95. The van der Waals surface area contributed by atoms with Gasteiger partial charge in [0.2, 0.25) is 0 Å². The van der Waals surface area contributed by atoms with Gasteiger partial charge in [-0.1, -0.05) is 33.8 Å². The Labute approximate surface area is 126 Å². The molecule has 0 amide bonds. The third-order valence-corrected chi connectivity index (χ3v) is 3.75. The number of aliphatic hydroxyl groups excluding tert-OH is 1. The van der Waals surface area contributed by atoms with Crippen molar-refractivity contribution in [2.45, 2.75) is 45.1 Å². The molecule has 4 heteroatoms. The molecule has 1 aromatic rings. The summed E-state index contributed by atoms with van der Waals surface area (Å²) in [6.07, 6.45) is 0.315. The highest BCUT2D eigenvalue weighted by Crippen LogP contribution is 2.28. The predicted molar refractivity (Wildman–Crippen MR) is 86.1 cm³/mol. The van der Waals surface area contributed by atoms with Gasteiger partial charge in [0.15, 0.2) is 0 Å². The van der Waals surface area contributed by atoms with Gasteiger partial charge in [0.1, 0.15) is 6.07 Å². The zero-order valence-electron chi connectivity index (χ0n) is 12.7. The smallest absolute Gasteiger partial charge is 0.102 e. The maximum Gasteiger partial charge on any atom is 0.102 e. The molecule has 20 heavy (non-hydrogen) atoms. The Morgan fingerprint density at radius 3 is 2.65 bits per heavy atom. The maximum absolute atomic E-state index is 10.0. The fourth-order valence-electron chi connectivity index (χ4n) is 2.08. The third-order valence-electron chi connectivity index (χ3n) is 2.81. The first-order chi connectivity index (χ1) is 9.37. The molecule has 0 saturated heterocycles.